The normalized spacial score (nSPS) is 19.3. The van der Waals surface area contributed by atoms with Gasteiger partial charge in [-0.1, -0.05) is 6.92 Å². The largest absolute Gasteiger partial charge is 0.368 e. The van der Waals surface area contributed by atoms with Crippen LogP contribution in [0, 0.1) is 0 Å². The summed E-state index contributed by atoms with van der Waals surface area (Å²) in [6.45, 7) is 4.33. The highest BCUT2D eigenvalue weighted by Gasteiger charge is 2.21. The van der Waals surface area contributed by atoms with Gasteiger partial charge >= 0.3 is 0 Å². The standard InChI is InChI=1S/C15H23N5S/c1-4-11-8-12-13(17-9-10-6-5-7-20(10)3)18-15(16-2)19-14(12)21-11/h8,10H,4-7,9H2,1-3H3,(H2,16,17,18,19). The lowest BCUT2D eigenvalue weighted by atomic mass is 10.2. The fraction of sp³-hybridized carbons (Fsp3) is 0.600. The topological polar surface area (TPSA) is 53.1 Å². The van der Waals surface area contributed by atoms with Gasteiger partial charge in [-0.3, -0.25) is 0 Å². The summed E-state index contributed by atoms with van der Waals surface area (Å²) < 4.78 is 0. The number of aromatic nitrogens is 2. The number of nitrogens with zero attached hydrogens (tertiary/aromatic N) is 3. The molecular weight excluding hydrogens is 282 g/mol. The van der Waals surface area contributed by atoms with Crippen molar-refractivity contribution in [2.24, 2.45) is 0 Å². The van der Waals surface area contributed by atoms with Crippen LogP contribution in [0.25, 0.3) is 10.2 Å². The van der Waals surface area contributed by atoms with E-state index in [2.05, 4.69) is 45.5 Å². The van der Waals surface area contributed by atoms with Crippen molar-refractivity contribution in [2.45, 2.75) is 32.2 Å². The molecule has 2 aromatic heterocycles. The van der Waals surface area contributed by atoms with Gasteiger partial charge in [0.25, 0.3) is 0 Å². The van der Waals surface area contributed by atoms with E-state index < -0.39 is 0 Å². The zero-order chi connectivity index (χ0) is 14.8. The molecule has 6 heteroatoms. The highest BCUT2D eigenvalue weighted by molar-refractivity contribution is 7.18. The number of thiophene rings is 1. The Hall–Kier alpha value is -1.40. The Kier molecular flexibility index (Phi) is 4.26. The van der Waals surface area contributed by atoms with Crippen molar-refractivity contribution in [3.63, 3.8) is 0 Å². The maximum atomic E-state index is 4.61. The van der Waals surface area contributed by atoms with E-state index in [0.29, 0.717) is 12.0 Å². The van der Waals surface area contributed by atoms with E-state index >= 15 is 0 Å². The molecule has 2 aromatic rings. The van der Waals surface area contributed by atoms with E-state index in [1.165, 1.54) is 24.3 Å². The molecule has 21 heavy (non-hydrogen) atoms. The minimum Gasteiger partial charge on any atom is -0.368 e. The molecule has 0 amide bonds. The number of hydrogen-bond acceptors (Lipinski definition) is 6. The molecule has 0 aliphatic carbocycles. The van der Waals surface area contributed by atoms with Crippen LogP contribution >= 0.6 is 11.3 Å². The van der Waals surface area contributed by atoms with Crippen molar-refractivity contribution in [1.82, 2.24) is 14.9 Å². The number of likely N-dealkylation sites (N-methyl/N-ethyl adjacent to an activating group) is 1. The van der Waals surface area contributed by atoms with Crippen LogP contribution in [0.5, 0.6) is 0 Å². The van der Waals surface area contributed by atoms with Gasteiger partial charge in [-0.2, -0.15) is 4.98 Å². The summed E-state index contributed by atoms with van der Waals surface area (Å²) in [7, 11) is 4.07. The predicted octanol–water partition coefficient (Wildman–Crippen LogP) is 2.80. The van der Waals surface area contributed by atoms with Gasteiger partial charge in [0.05, 0.1) is 5.39 Å². The number of aryl methyl sites for hydroxylation is 1. The fourth-order valence-corrected chi connectivity index (χ4v) is 3.81. The molecule has 0 bridgehead atoms. The molecule has 0 spiro atoms. The monoisotopic (exact) mass is 305 g/mol. The Labute approximate surface area is 129 Å². The van der Waals surface area contributed by atoms with Crippen LogP contribution in [-0.4, -0.2) is 48.1 Å². The summed E-state index contributed by atoms with van der Waals surface area (Å²) in [5.74, 6) is 1.65. The molecule has 114 valence electrons. The van der Waals surface area contributed by atoms with Gasteiger partial charge in [0.2, 0.25) is 5.95 Å². The molecule has 3 rings (SSSR count). The van der Waals surface area contributed by atoms with Crippen LogP contribution in [0.2, 0.25) is 0 Å². The number of likely N-dealkylation sites (tertiary alicyclic amines) is 1. The lowest BCUT2D eigenvalue weighted by Gasteiger charge is -2.20. The molecule has 1 aliphatic rings. The highest BCUT2D eigenvalue weighted by atomic mass is 32.1. The first-order valence-corrected chi connectivity index (χ1v) is 8.45. The second-order valence-electron chi connectivity index (χ2n) is 5.59. The Morgan fingerprint density at radius 2 is 2.29 bits per heavy atom. The van der Waals surface area contributed by atoms with Gasteiger partial charge < -0.3 is 15.5 Å². The third kappa shape index (κ3) is 2.96. The molecule has 1 fully saturated rings. The zero-order valence-electron chi connectivity index (χ0n) is 12.9. The molecule has 3 heterocycles. The zero-order valence-corrected chi connectivity index (χ0v) is 13.8. The number of fused-ring (bicyclic) bond motifs is 1. The van der Waals surface area contributed by atoms with Crippen LogP contribution in [-0.2, 0) is 6.42 Å². The number of anilines is 2. The Morgan fingerprint density at radius 1 is 1.43 bits per heavy atom. The molecule has 2 N–H and O–H groups in total. The molecule has 5 nitrogen and oxygen atoms in total. The molecule has 0 aromatic carbocycles. The molecule has 0 radical (unpaired) electrons. The van der Waals surface area contributed by atoms with Crippen molar-refractivity contribution < 1.29 is 0 Å². The molecule has 1 unspecified atom stereocenters. The van der Waals surface area contributed by atoms with Crippen molar-refractivity contribution in [3.8, 4) is 0 Å². The second kappa shape index (κ2) is 6.15. The van der Waals surface area contributed by atoms with Crippen LogP contribution in [0.3, 0.4) is 0 Å². The van der Waals surface area contributed by atoms with Gasteiger partial charge in [0, 0.05) is 24.5 Å². The van der Waals surface area contributed by atoms with E-state index in [1.807, 2.05) is 7.05 Å². The average Bonchev–Trinajstić information content (AvgIpc) is 3.10. The van der Waals surface area contributed by atoms with Crippen molar-refractivity contribution in [1.29, 1.82) is 0 Å². The lowest BCUT2D eigenvalue weighted by molar-refractivity contribution is 0.322. The summed E-state index contributed by atoms with van der Waals surface area (Å²) in [4.78, 5) is 14.0. The van der Waals surface area contributed by atoms with E-state index in [-0.39, 0.29) is 0 Å². The quantitative estimate of drug-likeness (QED) is 0.889. The maximum Gasteiger partial charge on any atom is 0.225 e. The third-order valence-electron chi connectivity index (χ3n) is 4.19. The van der Waals surface area contributed by atoms with E-state index in [4.69, 9.17) is 0 Å². The molecular formula is C15H23N5S. The van der Waals surface area contributed by atoms with Gasteiger partial charge in [-0.15, -0.1) is 11.3 Å². The minimum atomic E-state index is 0.609. The van der Waals surface area contributed by atoms with Crippen molar-refractivity contribution in [2.75, 3.05) is 37.8 Å². The van der Waals surface area contributed by atoms with Gasteiger partial charge in [0.15, 0.2) is 0 Å². The van der Waals surface area contributed by atoms with Crippen LogP contribution in [0.15, 0.2) is 6.07 Å². The summed E-state index contributed by atoms with van der Waals surface area (Å²) in [5, 5.41) is 7.75. The van der Waals surface area contributed by atoms with E-state index in [1.54, 1.807) is 11.3 Å². The molecule has 0 saturated carbocycles. The smallest absolute Gasteiger partial charge is 0.225 e. The number of hydrogen-bond donors (Lipinski definition) is 2. The lowest BCUT2D eigenvalue weighted by Crippen LogP contribution is -2.31. The molecule has 1 aliphatic heterocycles. The molecule has 1 saturated heterocycles. The Balaban J connectivity index is 1.86. The predicted molar refractivity (Wildman–Crippen MR) is 90.5 cm³/mol. The first-order valence-electron chi connectivity index (χ1n) is 7.63. The third-order valence-corrected chi connectivity index (χ3v) is 5.37. The van der Waals surface area contributed by atoms with E-state index in [9.17, 15) is 0 Å². The van der Waals surface area contributed by atoms with Crippen LogP contribution in [0.1, 0.15) is 24.6 Å². The fourth-order valence-electron chi connectivity index (χ4n) is 2.84. The van der Waals surface area contributed by atoms with Gasteiger partial charge in [0.1, 0.15) is 10.6 Å². The Morgan fingerprint density at radius 3 is 2.95 bits per heavy atom. The van der Waals surface area contributed by atoms with Crippen molar-refractivity contribution >= 4 is 33.3 Å². The first-order chi connectivity index (χ1) is 10.2. The van der Waals surface area contributed by atoms with Gasteiger partial charge in [-0.25, -0.2) is 4.98 Å². The SMILES string of the molecule is CCc1cc2c(NCC3CCCN3C)nc(NC)nc2s1. The minimum absolute atomic E-state index is 0.609. The summed E-state index contributed by atoms with van der Waals surface area (Å²) in [5.41, 5.74) is 0. The summed E-state index contributed by atoms with van der Waals surface area (Å²) in [6, 6.07) is 2.83. The number of nitrogens with one attached hydrogen (secondary N) is 2. The van der Waals surface area contributed by atoms with Crippen molar-refractivity contribution in [3.05, 3.63) is 10.9 Å². The van der Waals surface area contributed by atoms with Crippen LogP contribution < -0.4 is 10.6 Å². The van der Waals surface area contributed by atoms with Gasteiger partial charge in [-0.05, 0) is 38.9 Å². The Bertz CT molecular complexity index is 624. The van der Waals surface area contributed by atoms with E-state index in [0.717, 1.165) is 29.0 Å². The summed E-state index contributed by atoms with van der Waals surface area (Å²) >= 11 is 1.76. The molecule has 1 atom stereocenters. The first kappa shape index (κ1) is 14.5. The number of rotatable bonds is 5. The second-order valence-corrected chi connectivity index (χ2v) is 6.70. The average molecular weight is 305 g/mol. The van der Waals surface area contributed by atoms with Crippen LogP contribution in [0.4, 0.5) is 11.8 Å². The maximum absolute atomic E-state index is 4.61. The summed E-state index contributed by atoms with van der Waals surface area (Å²) in [6.07, 6.45) is 3.60. The highest BCUT2D eigenvalue weighted by Crippen LogP contribution is 2.30.